The van der Waals surface area contributed by atoms with Crippen LogP contribution in [0.5, 0.6) is 0 Å². The quantitative estimate of drug-likeness (QED) is 0.366. The number of H-pyrrole nitrogens is 1. The van der Waals surface area contributed by atoms with Crippen LogP contribution in [0.1, 0.15) is 25.0 Å². The summed E-state index contributed by atoms with van der Waals surface area (Å²) in [4.78, 5) is 23.1. The van der Waals surface area contributed by atoms with E-state index in [1.54, 1.807) is 30.1 Å². The van der Waals surface area contributed by atoms with Gasteiger partial charge in [0.05, 0.1) is 21.3 Å². The molecule has 1 amide bonds. The van der Waals surface area contributed by atoms with E-state index >= 15 is 0 Å². The van der Waals surface area contributed by atoms with Gasteiger partial charge in [-0.25, -0.2) is 18.1 Å². The van der Waals surface area contributed by atoms with Gasteiger partial charge in [0, 0.05) is 41.1 Å². The fourth-order valence-corrected chi connectivity index (χ4v) is 6.07. The summed E-state index contributed by atoms with van der Waals surface area (Å²) in [5, 5.41) is 1.01. The van der Waals surface area contributed by atoms with Crippen LogP contribution in [0.3, 0.4) is 0 Å². The Morgan fingerprint density at radius 1 is 1.03 bits per heavy atom. The smallest absolute Gasteiger partial charge is 0.240 e. The molecule has 1 aliphatic heterocycles. The van der Waals surface area contributed by atoms with Crippen LogP contribution in [0, 0.1) is 6.92 Å². The number of carbonyl (C=O) groups is 1. The topological polar surface area (TPSA) is 100 Å². The number of hydrogen-bond donors (Lipinski definition) is 2. The van der Waals surface area contributed by atoms with Gasteiger partial charge in [-0.2, -0.15) is 0 Å². The Bertz CT molecular complexity index is 1860. The first-order valence-electron chi connectivity index (χ1n) is 12.0. The van der Waals surface area contributed by atoms with Crippen LogP contribution in [0.25, 0.3) is 39.0 Å². The molecule has 1 aliphatic rings. The summed E-state index contributed by atoms with van der Waals surface area (Å²) in [6, 6.07) is 17.1. The SMILES string of the molecule is CNS(=O)(=O)c1ccc2nc(-c3c[nH]c4cc(C)ccc34)n(-c3ccc4c(c3)N(C)C(=O)C4(C)C)c2c1. The van der Waals surface area contributed by atoms with Crippen molar-refractivity contribution in [3.63, 3.8) is 0 Å². The minimum absolute atomic E-state index is 0.0322. The number of benzene rings is 3. The molecule has 0 saturated carbocycles. The van der Waals surface area contributed by atoms with Crippen molar-refractivity contribution < 1.29 is 13.2 Å². The highest BCUT2D eigenvalue weighted by molar-refractivity contribution is 7.89. The highest BCUT2D eigenvalue weighted by atomic mass is 32.2. The standard InChI is InChI=1S/C28H27N5O3S/c1-16-6-9-19-20(15-30-23(19)12-16)26-31-22-11-8-18(37(35,36)29-4)14-25(22)33(26)17-7-10-21-24(13-17)32(5)27(34)28(21,2)3/h6-15,29-30H,1-5H3. The number of fused-ring (bicyclic) bond motifs is 3. The number of rotatable bonds is 4. The minimum Gasteiger partial charge on any atom is -0.360 e. The highest BCUT2D eigenvalue weighted by Gasteiger charge is 2.42. The van der Waals surface area contributed by atoms with Gasteiger partial charge in [0.15, 0.2) is 0 Å². The number of amides is 1. The number of nitrogens with zero attached hydrogens (tertiary/aromatic N) is 3. The zero-order valence-electron chi connectivity index (χ0n) is 21.2. The number of likely N-dealkylation sites (N-methyl/N-ethyl adjacent to an activating group) is 1. The predicted molar refractivity (Wildman–Crippen MR) is 146 cm³/mol. The lowest BCUT2D eigenvalue weighted by molar-refractivity contribution is -0.121. The number of aryl methyl sites for hydroxylation is 1. The second kappa shape index (κ2) is 7.77. The van der Waals surface area contributed by atoms with Crippen LogP contribution in [-0.2, 0) is 20.2 Å². The molecule has 2 aromatic heterocycles. The Morgan fingerprint density at radius 2 is 1.81 bits per heavy atom. The van der Waals surface area contributed by atoms with Gasteiger partial charge in [-0.3, -0.25) is 9.36 Å². The van der Waals surface area contributed by atoms with Gasteiger partial charge in [0.1, 0.15) is 5.82 Å². The minimum atomic E-state index is -3.66. The zero-order valence-corrected chi connectivity index (χ0v) is 22.1. The molecule has 6 rings (SSSR count). The number of hydrogen-bond acceptors (Lipinski definition) is 4. The van der Waals surface area contributed by atoms with Crippen molar-refractivity contribution in [1.82, 2.24) is 19.3 Å². The average molecular weight is 514 g/mol. The third-order valence-corrected chi connectivity index (χ3v) is 8.81. The fourth-order valence-electron chi connectivity index (χ4n) is 5.32. The number of imidazole rings is 1. The summed E-state index contributed by atoms with van der Waals surface area (Å²) >= 11 is 0. The lowest BCUT2D eigenvalue weighted by atomic mass is 9.86. The van der Waals surface area contributed by atoms with Gasteiger partial charge in [0.25, 0.3) is 0 Å². The molecule has 0 radical (unpaired) electrons. The van der Waals surface area contributed by atoms with Crippen LogP contribution in [0.15, 0.2) is 65.7 Å². The first kappa shape index (κ1) is 23.4. The van der Waals surface area contributed by atoms with Crippen LogP contribution in [-0.4, -0.2) is 43.0 Å². The van der Waals surface area contributed by atoms with Gasteiger partial charge >= 0.3 is 0 Å². The molecule has 0 bridgehead atoms. The summed E-state index contributed by atoms with van der Waals surface area (Å²) in [6.45, 7) is 5.90. The maximum absolute atomic E-state index is 12.9. The summed E-state index contributed by atoms with van der Waals surface area (Å²) in [5.74, 6) is 0.708. The van der Waals surface area contributed by atoms with Crippen LogP contribution >= 0.6 is 0 Å². The predicted octanol–water partition coefficient (Wildman–Crippen LogP) is 4.64. The Balaban J connectivity index is 1.67. The van der Waals surface area contributed by atoms with Gasteiger partial charge in [0.2, 0.25) is 15.9 Å². The number of anilines is 1. The number of carbonyl (C=O) groups excluding carboxylic acids is 1. The molecule has 188 valence electrons. The van der Waals surface area contributed by atoms with Crippen molar-refractivity contribution in [2.75, 3.05) is 19.0 Å². The first-order valence-corrected chi connectivity index (χ1v) is 13.5. The molecule has 5 aromatic rings. The molecule has 0 fully saturated rings. The van der Waals surface area contributed by atoms with E-state index in [4.69, 9.17) is 4.98 Å². The van der Waals surface area contributed by atoms with Crippen molar-refractivity contribution >= 4 is 43.6 Å². The first-order chi connectivity index (χ1) is 17.5. The van der Waals surface area contributed by atoms with E-state index in [2.05, 4.69) is 27.9 Å². The monoisotopic (exact) mass is 513 g/mol. The van der Waals surface area contributed by atoms with Crippen LogP contribution in [0.2, 0.25) is 0 Å². The van der Waals surface area contributed by atoms with E-state index in [0.29, 0.717) is 16.9 Å². The van der Waals surface area contributed by atoms with Gasteiger partial charge in [-0.05, 0) is 75.3 Å². The Labute approximate surface area is 215 Å². The van der Waals surface area contributed by atoms with Crippen molar-refractivity contribution in [2.45, 2.75) is 31.1 Å². The molecule has 8 nitrogen and oxygen atoms in total. The molecule has 0 unspecified atom stereocenters. The van der Waals surface area contributed by atoms with Crippen molar-refractivity contribution in [2.24, 2.45) is 0 Å². The van der Waals surface area contributed by atoms with E-state index in [0.717, 1.165) is 39.0 Å². The molecule has 0 spiro atoms. The van der Waals surface area contributed by atoms with Crippen molar-refractivity contribution in [3.05, 3.63) is 71.9 Å². The highest BCUT2D eigenvalue weighted by Crippen LogP contribution is 2.43. The van der Waals surface area contributed by atoms with E-state index in [9.17, 15) is 13.2 Å². The van der Waals surface area contributed by atoms with Gasteiger partial charge < -0.3 is 9.88 Å². The zero-order chi connectivity index (χ0) is 26.3. The molecular formula is C28H27N5O3S. The fraction of sp³-hybridized carbons (Fsp3) is 0.214. The third-order valence-electron chi connectivity index (χ3n) is 7.40. The lowest BCUT2D eigenvalue weighted by Gasteiger charge is -2.16. The van der Waals surface area contributed by atoms with Gasteiger partial charge in [-0.1, -0.05) is 18.2 Å². The van der Waals surface area contributed by atoms with Crippen LogP contribution < -0.4 is 9.62 Å². The largest absolute Gasteiger partial charge is 0.360 e. The van der Waals surface area contributed by atoms with E-state index in [1.165, 1.54) is 7.05 Å². The normalized spacial score (nSPS) is 15.2. The van der Waals surface area contributed by atoms with E-state index in [-0.39, 0.29) is 10.8 Å². The molecule has 3 aromatic carbocycles. The molecule has 37 heavy (non-hydrogen) atoms. The van der Waals surface area contributed by atoms with Crippen molar-refractivity contribution in [3.8, 4) is 17.1 Å². The summed E-state index contributed by atoms with van der Waals surface area (Å²) in [6.07, 6.45) is 1.93. The number of nitrogens with one attached hydrogen (secondary N) is 2. The van der Waals surface area contributed by atoms with Crippen molar-refractivity contribution in [1.29, 1.82) is 0 Å². The van der Waals surface area contributed by atoms with E-state index in [1.807, 2.05) is 49.7 Å². The van der Waals surface area contributed by atoms with E-state index < -0.39 is 15.4 Å². The molecule has 9 heteroatoms. The molecule has 0 saturated heterocycles. The Kier molecular flexibility index (Phi) is 4.93. The van der Waals surface area contributed by atoms with Crippen LogP contribution in [0.4, 0.5) is 5.69 Å². The molecule has 3 heterocycles. The number of sulfonamides is 1. The maximum atomic E-state index is 12.9. The molecular weight excluding hydrogens is 486 g/mol. The summed E-state index contributed by atoms with van der Waals surface area (Å²) in [5.41, 5.74) is 6.30. The number of aromatic amines is 1. The lowest BCUT2D eigenvalue weighted by Crippen LogP contribution is -2.33. The second-order valence-corrected chi connectivity index (χ2v) is 12.0. The maximum Gasteiger partial charge on any atom is 0.240 e. The molecule has 2 N–H and O–H groups in total. The number of aromatic nitrogens is 3. The third kappa shape index (κ3) is 3.34. The summed E-state index contributed by atoms with van der Waals surface area (Å²) in [7, 11) is -0.486. The Morgan fingerprint density at radius 3 is 2.57 bits per heavy atom. The average Bonchev–Trinajstić information content (AvgIpc) is 3.51. The van der Waals surface area contributed by atoms with Gasteiger partial charge in [-0.15, -0.1) is 0 Å². The summed E-state index contributed by atoms with van der Waals surface area (Å²) < 4.78 is 29.7. The Hall–Kier alpha value is -3.95. The molecule has 0 aliphatic carbocycles. The molecule has 0 atom stereocenters. The second-order valence-electron chi connectivity index (χ2n) is 10.1.